The molecule has 180 valence electrons. The lowest BCUT2D eigenvalue weighted by Gasteiger charge is -2.33. The van der Waals surface area contributed by atoms with Gasteiger partial charge in [0, 0.05) is 61.4 Å². The van der Waals surface area contributed by atoms with Crippen molar-refractivity contribution in [3.8, 4) is 0 Å². The second kappa shape index (κ2) is 9.19. The molecule has 8 nitrogen and oxygen atoms in total. The largest absolute Gasteiger partial charge is 0.380 e. The molecule has 2 atom stereocenters. The number of rotatable bonds is 6. The predicted octanol–water partition coefficient (Wildman–Crippen LogP) is 1.15. The van der Waals surface area contributed by atoms with Gasteiger partial charge in [0.05, 0.1) is 19.4 Å². The Labute approximate surface area is 196 Å². The van der Waals surface area contributed by atoms with Crippen LogP contribution in [0, 0.1) is 23.5 Å². The van der Waals surface area contributed by atoms with Crippen molar-refractivity contribution in [2.45, 2.75) is 13.0 Å². The molecule has 0 aliphatic carbocycles. The fourth-order valence-corrected chi connectivity index (χ4v) is 5.20. The van der Waals surface area contributed by atoms with Crippen LogP contribution in [0.1, 0.15) is 12.0 Å². The van der Waals surface area contributed by atoms with Crippen LogP contribution in [0.3, 0.4) is 0 Å². The molecule has 2 amide bonds. The third-order valence-corrected chi connectivity index (χ3v) is 6.93. The minimum absolute atomic E-state index is 0.0547. The number of nitrogens with zero attached hydrogens (tertiary/aromatic N) is 2. The van der Waals surface area contributed by atoms with Gasteiger partial charge in [-0.1, -0.05) is 6.07 Å². The maximum atomic E-state index is 14.3. The number of benzene rings is 1. The third-order valence-electron chi connectivity index (χ3n) is 6.93. The lowest BCUT2D eigenvalue weighted by Crippen LogP contribution is -2.41. The van der Waals surface area contributed by atoms with E-state index in [4.69, 9.17) is 4.84 Å². The zero-order valence-corrected chi connectivity index (χ0v) is 18.9. The summed E-state index contributed by atoms with van der Waals surface area (Å²) < 4.78 is 27.6. The fourth-order valence-electron chi connectivity index (χ4n) is 5.20. The number of allylic oxidation sites excluding steroid dienone is 1. The van der Waals surface area contributed by atoms with Gasteiger partial charge in [-0.15, -0.1) is 0 Å². The van der Waals surface area contributed by atoms with Crippen LogP contribution in [-0.4, -0.2) is 61.4 Å². The second-order valence-electron chi connectivity index (χ2n) is 9.08. The van der Waals surface area contributed by atoms with E-state index in [-0.39, 0.29) is 23.9 Å². The minimum Gasteiger partial charge on any atom is -0.380 e. The number of piperidine rings is 1. The van der Waals surface area contributed by atoms with Gasteiger partial charge in [-0.3, -0.25) is 19.3 Å². The molecule has 2 fully saturated rings. The first-order valence-electron chi connectivity index (χ1n) is 11.4. The van der Waals surface area contributed by atoms with Crippen molar-refractivity contribution in [2.75, 3.05) is 39.8 Å². The highest BCUT2D eigenvalue weighted by Gasteiger charge is 2.39. The molecular formula is C24H27F2N5O3. The number of carbonyl (C=O) groups is 2. The Morgan fingerprint density at radius 3 is 2.91 bits per heavy atom. The normalized spacial score (nSPS) is 24.2. The lowest BCUT2D eigenvalue weighted by atomic mass is 9.88. The summed E-state index contributed by atoms with van der Waals surface area (Å²) in [5.74, 6) is -1.17. The quantitative estimate of drug-likeness (QED) is 0.540. The smallest absolute Gasteiger partial charge is 0.291 e. The van der Waals surface area contributed by atoms with E-state index in [0.29, 0.717) is 18.2 Å². The summed E-state index contributed by atoms with van der Waals surface area (Å²) in [4.78, 5) is 33.5. The highest BCUT2D eigenvalue weighted by molar-refractivity contribution is 5.93. The van der Waals surface area contributed by atoms with Crippen molar-refractivity contribution in [1.82, 2.24) is 25.9 Å². The highest BCUT2D eigenvalue weighted by Crippen LogP contribution is 2.33. The number of carbonyl (C=O) groups excluding carboxylic acids is 2. The summed E-state index contributed by atoms with van der Waals surface area (Å²) in [7, 11) is 1.35. The fraction of sp³-hybridized carbons (Fsp3) is 0.417. The molecule has 3 N–H and O–H groups in total. The molecule has 0 saturated carbocycles. The van der Waals surface area contributed by atoms with E-state index in [1.54, 1.807) is 17.2 Å². The van der Waals surface area contributed by atoms with Gasteiger partial charge in [-0.25, -0.2) is 14.3 Å². The van der Waals surface area contributed by atoms with Crippen LogP contribution in [0.25, 0.3) is 0 Å². The van der Waals surface area contributed by atoms with Crippen molar-refractivity contribution in [3.63, 3.8) is 0 Å². The molecule has 34 heavy (non-hydrogen) atoms. The Hall–Kier alpha value is -3.24. The van der Waals surface area contributed by atoms with E-state index in [1.807, 2.05) is 0 Å². The maximum absolute atomic E-state index is 14.3. The van der Waals surface area contributed by atoms with Crippen LogP contribution < -0.4 is 16.1 Å². The SMILES string of the molecule is CONC(=O)C1=CC2=C(CN3CC[C@@H]4C(=O)NC[C@@H]4C3)CNC2=CN1Cc1ccc(F)cc1F. The van der Waals surface area contributed by atoms with E-state index in [2.05, 4.69) is 21.0 Å². The Bertz CT molecular complexity index is 1120. The van der Waals surface area contributed by atoms with Gasteiger partial charge in [0.1, 0.15) is 17.3 Å². The molecule has 2 saturated heterocycles. The highest BCUT2D eigenvalue weighted by atomic mass is 19.1. The van der Waals surface area contributed by atoms with Gasteiger partial charge in [-0.05, 0) is 30.7 Å². The van der Waals surface area contributed by atoms with Gasteiger partial charge >= 0.3 is 0 Å². The number of halogens is 2. The van der Waals surface area contributed by atoms with Crippen LogP contribution in [0.2, 0.25) is 0 Å². The molecule has 4 aliphatic rings. The first-order chi connectivity index (χ1) is 16.4. The van der Waals surface area contributed by atoms with Gasteiger partial charge < -0.3 is 15.5 Å². The van der Waals surface area contributed by atoms with E-state index in [1.165, 1.54) is 19.2 Å². The van der Waals surface area contributed by atoms with Gasteiger partial charge in [0.15, 0.2) is 0 Å². The average molecular weight is 472 g/mol. The van der Waals surface area contributed by atoms with Gasteiger partial charge in [0.25, 0.3) is 5.91 Å². The lowest BCUT2D eigenvalue weighted by molar-refractivity contribution is -0.128. The molecule has 10 heteroatoms. The number of hydrogen-bond acceptors (Lipinski definition) is 6. The molecule has 0 unspecified atom stereocenters. The molecule has 5 rings (SSSR count). The zero-order chi connectivity index (χ0) is 23.8. The number of likely N-dealkylation sites (tertiary alicyclic amines) is 1. The van der Waals surface area contributed by atoms with Crippen molar-refractivity contribution < 1.29 is 23.2 Å². The number of hydrogen-bond donors (Lipinski definition) is 3. The van der Waals surface area contributed by atoms with Gasteiger partial charge in [0.2, 0.25) is 5.91 Å². The van der Waals surface area contributed by atoms with Crippen LogP contribution in [0.15, 0.2) is 53.0 Å². The summed E-state index contributed by atoms with van der Waals surface area (Å²) in [5.41, 5.74) is 5.83. The molecule has 0 aromatic heterocycles. The second-order valence-corrected chi connectivity index (χ2v) is 9.08. The standard InChI is InChI=1S/C24H27F2N5O3/c1-34-29-24(33)22-7-19-16(11-30-5-4-18-15(10-30)9-28-23(18)32)8-27-21(19)13-31(22)12-14-2-3-17(25)6-20(14)26/h2-3,6-7,13,15,18,27H,4-5,8-12H2,1H3,(H,28,32)(H,29,33)/t15-,18+/m1/s1. The van der Waals surface area contributed by atoms with Crippen molar-refractivity contribution in [3.05, 3.63) is 70.2 Å². The summed E-state index contributed by atoms with van der Waals surface area (Å²) >= 11 is 0. The number of nitrogens with one attached hydrogen (secondary N) is 3. The zero-order valence-electron chi connectivity index (χ0n) is 18.9. The third kappa shape index (κ3) is 4.30. The molecule has 1 aromatic carbocycles. The van der Waals surface area contributed by atoms with Crippen LogP contribution in [0.4, 0.5) is 8.78 Å². The molecule has 1 aromatic rings. The Balaban J connectivity index is 1.38. The molecule has 0 bridgehead atoms. The summed E-state index contributed by atoms with van der Waals surface area (Å²) in [6.45, 7) is 3.86. The number of amides is 2. The van der Waals surface area contributed by atoms with Crippen molar-refractivity contribution in [1.29, 1.82) is 0 Å². The molecule has 4 heterocycles. The van der Waals surface area contributed by atoms with Crippen LogP contribution in [-0.2, 0) is 21.0 Å². The Kier molecular flexibility index (Phi) is 6.09. The summed E-state index contributed by atoms with van der Waals surface area (Å²) in [6.07, 6.45) is 4.42. The average Bonchev–Trinajstić information content (AvgIpc) is 3.38. The number of hydroxylamine groups is 1. The summed E-state index contributed by atoms with van der Waals surface area (Å²) in [5, 5.41) is 6.34. The Morgan fingerprint density at radius 2 is 2.12 bits per heavy atom. The molecule has 0 spiro atoms. The summed E-state index contributed by atoms with van der Waals surface area (Å²) in [6, 6.07) is 3.40. The van der Waals surface area contributed by atoms with Crippen LogP contribution in [0.5, 0.6) is 0 Å². The molecule has 4 aliphatic heterocycles. The first kappa shape index (κ1) is 22.5. The van der Waals surface area contributed by atoms with Gasteiger partial charge in [-0.2, -0.15) is 0 Å². The van der Waals surface area contributed by atoms with E-state index >= 15 is 0 Å². The molecule has 0 radical (unpaired) electrons. The van der Waals surface area contributed by atoms with Crippen molar-refractivity contribution >= 4 is 11.8 Å². The minimum atomic E-state index is -0.672. The molecular weight excluding hydrogens is 444 g/mol. The van der Waals surface area contributed by atoms with Crippen LogP contribution >= 0.6 is 0 Å². The maximum Gasteiger partial charge on any atom is 0.291 e. The predicted molar refractivity (Wildman–Crippen MR) is 119 cm³/mol. The first-order valence-corrected chi connectivity index (χ1v) is 11.4. The van der Waals surface area contributed by atoms with Crippen molar-refractivity contribution in [2.24, 2.45) is 11.8 Å². The topological polar surface area (TPSA) is 85.9 Å². The number of fused-ring (bicyclic) bond motifs is 2. The van der Waals surface area contributed by atoms with E-state index in [0.717, 1.165) is 55.5 Å². The van der Waals surface area contributed by atoms with E-state index in [9.17, 15) is 18.4 Å². The van der Waals surface area contributed by atoms with E-state index < -0.39 is 17.5 Å². The monoisotopic (exact) mass is 471 g/mol. The Morgan fingerprint density at radius 1 is 1.26 bits per heavy atom.